The SMILES string of the molecule is O=C(O)c1cccc(Oc2ccc3c(c2)c(=O)ncn3Cc2c(F)cc(F)cc2F)c1. The highest BCUT2D eigenvalue weighted by atomic mass is 19.1. The molecule has 0 bridgehead atoms. The zero-order chi connectivity index (χ0) is 22.1. The molecule has 0 aliphatic carbocycles. The van der Waals surface area contributed by atoms with Gasteiger partial charge in [-0.3, -0.25) is 4.79 Å². The van der Waals surface area contributed by atoms with Gasteiger partial charge in [-0.25, -0.2) is 18.0 Å². The van der Waals surface area contributed by atoms with Gasteiger partial charge >= 0.3 is 5.97 Å². The van der Waals surface area contributed by atoms with Gasteiger partial charge in [0.05, 0.1) is 29.3 Å². The molecule has 0 atom stereocenters. The number of carboxylic acids is 1. The standard InChI is InChI=1S/C22H13F3N2O4/c23-13-7-18(24)17(19(25)8-13)10-27-11-26-21(28)16-9-15(4-5-20(16)27)31-14-3-1-2-12(6-14)22(29)30/h1-9,11H,10H2,(H,29,30). The number of carboxylic acid groups (broad SMARTS) is 1. The van der Waals surface area contributed by atoms with Crippen molar-refractivity contribution in [2.45, 2.75) is 6.54 Å². The van der Waals surface area contributed by atoms with Crippen LogP contribution in [0.15, 0.2) is 65.7 Å². The molecule has 0 saturated carbocycles. The molecule has 0 unspecified atom stereocenters. The number of carbonyl (C=O) groups is 1. The van der Waals surface area contributed by atoms with Crippen LogP contribution in [0.3, 0.4) is 0 Å². The fourth-order valence-corrected chi connectivity index (χ4v) is 3.10. The van der Waals surface area contributed by atoms with Crippen molar-refractivity contribution in [3.8, 4) is 11.5 Å². The van der Waals surface area contributed by atoms with Gasteiger partial charge in [-0.1, -0.05) is 6.07 Å². The first-order chi connectivity index (χ1) is 14.8. The van der Waals surface area contributed by atoms with Gasteiger partial charge in [0.15, 0.2) is 0 Å². The number of rotatable bonds is 5. The van der Waals surface area contributed by atoms with E-state index in [1.807, 2.05) is 0 Å². The first-order valence-electron chi connectivity index (χ1n) is 8.95. The predicted octanol–water partition coefficient (Wildman–Crippen LogP) is 4.35. The zero-order valence-electron chi connectivity index (χ0n) is 15.7. The molecular formula is C22H13F3N2O4. The number of nitrogens with zero attached hydrogens (tertiary/aromatic N) is 2. The molecule has 4 aromatic rings. The highest BCUT2D eigenvalue weighted by molar-refractivity contribution is 5.88. The molecule has 0 amide bonds. The second-order valence-corrected chi connectivity index (χ2v) is 6.64. The Labute approximate surface area is 172 Å². The summed E-state index contributed by atoms with van der Waals surface area (Å²) in [4.78, 5) is 27.1. The normalized spacial score (nSPS) is 10.9. The second kappa shape index (κ2) is 7.94. The lowest BCUT2D eigenvalue weighted by molar-refractivity contribution is 0.0696. The third-order valence-corrected chi connectivity index (χ3v) is 4.57. The quantitative estimate of drug-likeness (QED) is 0.513. The van der Waals surface area contributed by atoms with Crippen LogP contribution in [0.4, 0.5) is 13.2 Å². The molecule has 3 aromatic carbocycles. The lowest BCUT2D eigenvalue weighted by Crippen LogP contribution is -2.14. The summed E-state index contributed by atoms with van der Waals surface area (Å²) in [5.41, 5.74) is -0.601. The van der Waals surface area contributed by atoms with Gasteiger partial charge in [0.1, 0.15) is 29.0 Å². The third-order valence-electron chi connectivity index (χ3n) is 4.57. The van der Waals surface area contributed by atoms with Crippen molar-refractivity contribution in [3.05, 3.63) is 99.9 Å². The van der Waals surface area contributed by atoms with E-state index in [1.54, 1.807) is 6.07 Å². The number of fused-ring (bicyclic) bond motifs is 1. The minimum Gasteiger partial charge on any atom is -0.478 e. The van der Waals surface area contributed by atoms with E-state index in [2.05, 4.69) is 4.98 Å². The Bertz CT molecular complexity index is 1360. The van der Waals surface area contributed by atoms with E-state index in [0.29, 0.717) is 17.6 Å². The first kappa shape index (κ1) is 20.1. The molecule has 0 spiro atoms. The monoisotopic (exact) mass is 426 g/mol. The summed E-state index contributed by atoms with van der Waals surface area (Å²) < 4.78 is 48.2. The Morgan fingerprint density at radius 1 is 1.00 bits per heavy atom. The Balaban J connectivity index is 1.72. The van der Waals surface area contributed by atoms with Crippen LogP contribution in [0.25, 0.3) is 10.9 Å². The Morgan fingerprint density at radius 2 is 1.71 bits per heavy atom. The van der Waals surface area contributed by atoms with Gasteiger partial charge in [-0.05, 0) is 36.4 Å². The van der Waals surface area contributed by atoms with Crippen molar-refractivity contribution in [3.63, 3.8) is 0 Å². The summed E-state index contributed by atoms with van der Waals surface area (Å²) in [6, 6.07) is 11.4. The van der Waals surface area contributed by atoms with Crippen LogP contribution >= 0.6 is 0 Å². The van der Waals surface area contributed by atoms with E-state index in [0.717, 1.165) is 6.33 Å². The lowest BCUT2D eigenvalue weighted by Gasteiger charge is -2.13. The molecule has 4 rings (SSSR count). The van der Waals surface area contributed by atoms with Crippen LogP contribution < -0.4 is 10.3 Å². The summed E-state index contributed by atoms with van der Waals surface area (Å²) in [6.07, 6.45) is 1.14. The highest BCUT2D eigenvalue weighted by Crippen LogP contribution is 2.26. The maximum absolute atomic E-state index is 14.0. The average Bonchev–Trinajstić information content (AvgIpc) is 2.72. The fourth-order valence-electron chi connectivity index (χ4n) is 3.10. The molecular weight excluding hydrogens is 413 g/mol. The van der Waals surface area contributed by atoms with Crippen molar-refractivity contribution >= 4 is 16.9 Å². The van der Waals surface area contributed by atoms with Crippen LogP contribution in [-0.4, -0.2) is 20.6 Å². The van der Waals surface area contributed by atoms with Crippen LogP contribution in [0, 0.1) is 17.5 Å². The predicted molar refractivity (Wildman–Crippen MR) is 105 cm³/mol. The van der Waals surface area contributed by atoms with Gasteiger partial charge < -0.3 is 14.4 Å². The van der Waals surface area contributed by atoms with Gasteiger partial charge in [-0.2, -0.15) is 4.98 Å². The van der Waals surface area contributed by atoms with E-state index in [9.17, 15) is 22.8 Å². The average molecular weight is 426 g/mol. The van der Waals surface area contributed by atoms with Gasteiger partial charge in [0.25, 0.3) is 5.56 Å². The Hall–Kier alpha value is -4.14. The summed E-state index contributed by atoms with van der Waals surface area (Å²) in [7, 11) is 0. The molecule has 0 radical (unpaired) electrons. The maximum atomic E-state index is 14.0. The molecule has 1 heterocycles. The largest absolute Gasteiger partial charge is 0.478 e. The van der Waals surface area contributed by atoms with E-state index in [-0.39, 0.29) is 34.6 Å². The second-order valence-electron chi connectivity index (χ2n) is 6.64. The van der Waals surface area contributed by atoms with E-state index in [1.165, 1.54) is 41.0 Å². The molecule has 6 nitrogen and oxygen atoms in total. The first-order valence-corrected chi connectivity index (χ1v) is 8.95. The number of aromatic carboxylic acids is 1. The van der Waals surface area contributed by atoms with E-state index < -0.39 is 29.0 Å². The molecule has 0 aliphatic rings. The van der Waals surface area contributed by atoms with Gasteiger partial charge in [0, 0.05) is 17.7 Å². The summed E-state index contributed by atoms with van der Waals surface area (Å²) in [5, 5.41) is 9.20. The molecule has 156 valence electrons. The third kappa shape index (κ3) is 4.11. The number of hydrogen-bond donors (Lipinski definition) is 1. The lowest BCUT2D eigenvalue weighted by atomic mass is 10.1. The number of halogens is 3. The van der Waals surface area contributed by atoms with Crippen molar-refractivity contribution in [1.29, 1.82) is 0 Å². The summed E-state index contributed by atoms with van der Waals surface area (Å²) >= 11 is 0. The molecule has 9 heteroatoms. The van der Waals surface area contributed by atoms with Crippen molar-refractivity contribution < 1.29 is 27.8 Å². The fraction of sp³-hybridized carbons (Fsp3) is 0.0455. The molecule has 0 fully saturated rings. The highest BCUT2D eigenvalue weighted by Gasteiger charge is 2.14. The van der Waals surface area contributed by atoms with Crippen LogP contribution in [-0.2, 0) is 6.54 Å². The maximum Gasteiger partial charge on any atom is 0.335 e. The smallest absolute Gasteiger partial charge is 0.335 e. The Kier molecular flexibility index (Phi) is 5.16. The molecule has 0 saturated heterocycles. The number of hydrogen-bond acceptors (Lipinski definition) is 4. The van der Waals surface area contributed by atoms with Crippen LogP contribution in [0.2, 0.25) is 0 Å². The molecule has 1 N–H and O–H groups in total. The summed E-state index contributed by atoms with van der Waals surface area (Å²) in [6.45, 7) is -0.317. The van der Waals surface area contributed by atoms with E-state index >= 15 is 0 Å². The van der Waals surface area contributed by atoms with Crippen molar-refractivity contribution in [2.24, 2.45) is 0 Å². The van der Waals surface area contributed by atoms with Crippen LogP contribution in [0.5, 0.6) is 11.5 Å². The van der Waals surface area contributed by atoms with Gasteiger partial charge in [0.2, 0.25) is 0 Å². The minimum atomic E-state index is -1.11. The molecule has 1 aromatic heterocycles. The number of aromatic nitrogens is 2. The Morgan fingerprint density at radius 3 is 2.42 bits per heavy atom. The van der Waals surface area contributed by atoms with E-state index in [4.69, 9.17) is 9.84 Å². The number of benzene rings is 3. The molecule has 31 heavy (non-hydrogen) atoms. The van der Waals surface area contributed by atoms with Crippen molar-refractivity contribution in [1.82, 2.24) is 9.55 Å². The zero-order valence-corrected chi connectivity index (χ0v) is 15.7. The topological polar surface area (TPSA) is 81.4 Å². The van der Waals surface area contributed by atoms with Crippen LogP contribution in [0.1, 0.15) is 15.9 Å². The van der Waals surface area contributed by atoms with Gasteiger partial charge in [-0.15, -0.1) is 0 Å². The van der Waals surface area contributed by atoms with Crippen molar-refractivity contribution in [2.75, 3.05) is 0 Å². The minimum absolute atomic E-state index is 0.0330. The number of ether oxygens (including phenoxy) is 1. The molecule has 0 aliphatic heterocycles. The summed E-state index contributed by atoms with van der Waals surface area (Å²) in [5.74, 6) is -3.76.